The van der Waals surface area contributed by atoms with Crippen molar-refractivity contribution in [3.8, 4) is 0 Å². The molecule has 1 heterocycles. The Bertz CT molecular complexity index is 343. The molecule has 2 fully saturated rings. The van der Waals surface area contributed by atoms with Gasteiger partial charge in [-0.3, -0.25) is 4.90 Å². The van der Waals surface area contributed by atoms with Crippen LogP contribution >= 0.6 is 0 Å². The van der Waals surface area contributed by atoms with Gasteiger partial charge < -0.3 is 5.73 Å². The van der Waals surface area contributed by atoms with Crippen LogP contribution in [0.2, 0.25) is 0 Å². The summed E-state index contributed by atoms with van der Waals surface area (Å²) in [5.41, 5.74) is 6.19. The van der Waals surface area contributed by atoms with Crippen LogP contribution in [0.4, 0.5) is 0 Å². The highest BCUT2D eigenvalue weighted by Gasteiger charge is 2.35. The summed E-state index contributed by atoms with van der Waals surface area (Å²) in [4.78, 5) is 2.29. The third-order valence-corrected chi connectivity index (χ3v) is 4.99. The zero-order valence-corrected chi connectivity index (χ0v) is 10.7. The largest absolute Gasteiger partial charge is 0.324 e. The zero-order valence-electron chi connectivity index (χ0n) is 9.85. The molecular weight excluding hydrogens is 226 g/mol. The van der Waals surface area contributed by atoms with Crippen molar-refractivity contribution in [1.82, 2.24) is 9.21 Å². The van der Waals surface area contributed by atoms with Crippen LogP contribution in [0.15, 0.2) is 0 Å². The molecule has 5 nitrogen and oxygen atoms in total. The van der Waals surface area contributed by atoms with Gasteiger partial charge in [-0.1, -0.05) is 0 Å². The number of piperazine rings is 1. The van der Waals surface area contributed by atoms with Gasteiger partial charge in [-0.05, 0) is 19.3 Å². The van der Waals surface area contributed by atoms with Gasteiger partial charge in [0.05, 0.1) is 6.26 Å². The summed E-state index contributed by atoms with van der Waals surface area (Å²) in [6.07, 6.45) is 4.73. The van der Waals surface area contributed by atoms with E-state index in [9.17, 15) is 8.42 Å². The third kappa shape index (κ3) is 2.74. The van der Waals surface area contributed by atoms with E-state index in [2.05, 4.69) is 4.90 Å². The lowest BCUT2D eigenvalue weighted by Crippen LogP contribution is -2.58. The lowest BCUT2D eigenvalue weighted by molar-refractivity contribution is 0.114. The van der Waals surface area contributed by atoms with Crippen molar-refractivity contribution in [1.29, 1.82) is 0 Å². The summed E-state index contributed by atoms with van der Waals surface area (Å²) in [5, 5.41) is 0. The lowest BCUT2D eigenvalue weighted by Gasteiger charge is -2.44. The minimum absolute atomic E-state index is 0.00720. The Hall–Kier alpha value is -0.170. The molecule has 94 valence electrons. The molecule has 0 amide bonds. The first-order valence-electron chi connectivity index (χ1n) is 5.85. The molecule has 0 aromatic carbocycles. The molecular formula is C10H21N3O2S. The molecule has 2 N–H and O–H groups in total. The standard InChI is InChI=1S/C10H21N3O2S/c1-16(14,15)13-7-5-12(6-8-13)9-10(11)3-2-4-10/h2-9,11H2,1H3. The fourth-order valence-electron chi connectivity index (χ4n) is 2.45. The summed E-state index contributed by atoms with van der Waals surface area (Å²) >= 11 is 0. The Kier molecular flexibility index (Phi) is 3.27. The molecule has 2 rings (SSSR count). The molecule has 2 aliphatic rings. The van der Waals surface area contributed by atoms with Crippen molar-refractivity contribution < 1.29 is 8.42 Å². The van der Waals surface area contributed by atoms with Gasteiger partial charge in [-0.2, -0.15) is 4.31 Å². The summed E-state index contributed by atoms with van der Waals surface area (Å²) in [6, 6.07) is 0. The Morgan fingerprint density at radius 2 is 1.75 bits per heavy atom. The quantitative estimate of drug-likeness (QED) is 0.726. The fraction of sp³-hybridized carbons (Fsp3) is 1.00. The van der Waals surface area contributed by atoms with Crippen molar-refractivity contribution in [2.45, 2.75) is 24.8 Å². The van der Waals surface area contributed by atoms with Crippen LogP contribution in [-0.4, -0.2) is 62.1 Å². The molecule has 1 saturated carbocycles. The first-order valence-corrected chi connectivity index (χ1v) is 7.70. The minimum Gasteiger partial charge on any atom is -0.324 e. The van der Waals surface area contributed by atoms with Gasteiger partial charge in [0.2, 0.25) is 10.0 Å². The third-order valence-electron chi connectivity index (χ3n) is 3.69. The predicted octanol–water partition coefficient (Wildman–Crippen LogP) is -0.555. The van der Waals surface area contributed by atoms with Crippen LogP contribution in [0, 0.1) is 0 Å². The van der Waals surface area contributed by atoms with Gasteiger partial charge in [0.25, 0.3) is 0 Å². The second-order valence-corrected chi connectivity index (χ2v) is 7.14. The van der Waals surface area contributed by atoms with Gasteiger partial charge >= 0.3 is 0 Å². The summed E-state index contributed by atoms with van der Waals surface area (Å²) < 4.78 is 24.2. The number of rotatable bonds is 3. The predicted molar refractivity (Wildman–Crippen MR) is 63.6 cm³/mol. The van der Waals surface area contributed by atoms with Gasteiger partial charge in [-0.15, -0.1) is 0 Å². The number of hydrogen-bond donors (Lipinski definition) is 1. The average Bonchev–Trinajstić information content (AvgIpc) is 2.15. The summed E-state index contributed by atoms with van der Waals surface area (Å²) in [6.45, 7) is 3.76. The molecule has 1 aliphatic heterocycles. The van der Waals surface area contributed by atoms with Crippen LogP contribution < -0.4 is 5.73 Å². The molecule has 1 aliphatic carbocycles. The molecule has 6 heteroatoms. The van der Waals surface area contributed by atoms with Crippen LogP contribution in [0.5, 0.6) is 0 Å². The van der Waals surface area contributed by atoms with Gasteiger partial charge in [0.15, 0.2) is 0 Å². The first kappa shape index (κ1) is 12.3. The van der Waals surface area contributed by atoms with Crippen molar-refractivity contribution in [2.24, 2.45) is 5.73 Å². The minimum atomic E-state index is -3.01. The Morgan fingerprint density at radius 1 is 1.19 bits per heavy atom. The van der Waals surface area contributed by atoms with E-state index in [4.69, 9.17) is 5.73 Å². The molecule has 0 atom stereocenters. The van der Waals surface area contributed by atoms with E-state index in [-0.39, 0.29) is 5.54 Å². The normalized spacial score (nSPS) is 27.6. The van der Waals surface area contributed by atoms with Gasteiger partial charge in [-0.25, -0.2) is 8.42 Å². The second-order valence-electron chi connectivity index (χ2n) is 5.15. The molecule has 0 aromatic rings. The van der Waals surface area contributed by atoms with Crippen molar-refractivity contribution >= 4 is 10.0 Å². The molecule has 0 bridgehead atoms. The van der Waals surface area contributed by atoms with E-state index >= 15 is 0 Å². The van der Waals surface area contributed by atoms with Crippen molar-refractivity contribution in [3.63, 3.8) is 0 Å². The van der Waals surface area contributed by atoms with Crippen LogP contribution in [0.1, 0.15) is 19.3 Å². The van der Waals surface area contributed by atoms with E-state index in [1.165, 1.54) is 12.7 Å². The number of sulfonamides is 1. The first-order chi connectivity index (χ1) is 7.39. The average molecular weight is 247 g/mol. The van der Waals surface area contributed by atoms with Crippen LogP contribution in [-0.2, 0) is 10.0 Å². The highest BCUT2D eigenvalue weighted by molar-refractivity contribution is 7.88. The zero-order chi connectivity index (χ0) is 11.8. The summed E-state index contributed by atoms with van der Waals surface area (Å²) in [5.74, 6) is 0. The molecule has 0 radical (unpaired) electrons. The van der Waals surface area contributed by atoms with E-state index in [0.29, 0.717) is 13.1 Å². The van der Waals surface area contributed by atoms with E-state index in [1.54, 1.807) is 4.31 Å². The molecule has 0 aromatic heterocycles. The van der Waals surface area contributed by atoms with Crippen molar-refractivity contribution in [3.05, 3.63) is 0 Å². The van der Waals surface area contributed by atoms with Crippen LogP contribution in [0.3, 0.4) is 0 Å². The molecule has 16 heavy (non-hydrogen) atoms. The van der Waals surface area contributed by atoms with E-state index in [1.807, 2.05) is 0 Å². The SMILES string of the molecule is CS(=O)(=O)N1CCN(CC2(N)CCC2)CC1. The van der Waals surface area contributed by atoms with E-state index < -0.39 is 10.0 Å². The highest BCUT2D eigenvalue weighted by Crippen LogP contribution is 2.30. The monoisotopic (exact) mass is 247 g/mol. The molecule has 0 unspecified atom stereocenters. The Morgan fingerprint density at radius 3 is 2.12 bits per heavy atom. The molecule has 0 spiro atoms. The fourth-order valence-corrected chi connectivity index (χ4v) is 3.28. The smallest absolute Gasteiger partial charge is 0.211 e. The van der Waals surface area contributed by atoms with Crippen molar-refractivity contribution in [2.75, 3.05) is 39.0 Å². The van der Waals surface area contributed by atoms with Crippen LogP contribution in [0.25, 0.3) is 0 Å². The summed E-state index contributed by atoms with van der Waals surface area (Å²) in [7, 11) is -3.01. The Labute approximate surface area is 97.6 Å². The van der Waals surface area contributed by atoms with E-state index in [0.717, 1.165) is 32.5 Å². The maximum absolute atomic E-state index is 11.3. The topological polar surface area (TPSA) is 66.6 Å². The maximum Gasteiger partial charge on any atom is 0.211 e. The Balaban J connectivity index is 1.81. The maximum atomic E-state index is 11.3. The molecule has 1 saturated heterocycles. The number of nitrogens with zero attached hydrogens (tertiary/aromatic N) is 2. The number of hydrogen-bond acceptors (Lipinski definition) is 4. The van der Waals surface area contributed by atoms with Gasteiger partial charge in [0, 0.05) is 38.3 Å². The van der Waals surface area contributed by atoms with Gasteiger partial charge in [0.1, 0.15) is 0 Å². The lowest BCUT2D eigenvalue weighted by atomic mass is 9.77. The number of nitrogens with two attached hydrogens (primary N) is 1. The second kappa shape index (κ2) is 4.25. The highest BCUT2D eigenvalue weighted by atomic mass is 32.2.